The minimum absolute atomic E-state index is 0.131. The van der Waals surface area contributed by atoms with Crippen molar-refractivity contribution in [1.82, 2.24) is 0 Å². The molecule has 0 bridgehead atoms. The zero-order chi connectivity index (χ0) is 10.4. The van der Waals surface area contributed by atoms with E-state index in [9.17, 15) is 5.11 Å². The third-order valence-electron chi connectivity index (χ3n) is 3.38. The Morgan fingerprint density at radius 1 is 1.36 bits per heavy atom. The maximum atomic E-state index is 9.34. The first-order valence-electron chi connectivity index (χ1n) is 5.91. The zero-order valence-electron chi connectivity index (χ0n) is 9.59. The molecule has 84 valence electrons. The number of ether oxygens (including phenoxy) is 1. The van der Waals surface area contributed by atoms with E-state index in [1.54, 1.807) is 0 Å². The molecule has 0 amide bonds. The van der Waals surface area contributed by atoms with Gasteiger partial charge in [0.05, 0.1) is 0 Å². The Labute approximate surface area is 87.7 Å². The molecular weight excluding hydrogens is 176 g/mol. The van der Waals surface area contributed by atoms with Gasteiger partial charge in [0.25, 0.3) is 0 Å². The molecule has 1 N–H and O–H groups in total. The molecule has 1 aliphatic rings. The molecule has 0 aromatic carbocycles. The topological polar surface area (TPSA) is 29.5 Å². The average molecular weight is 200 g/mol. The molecule has 14 heavy (non-hydrogen) atoms. The van der Waals surface area contributed by atoms with E-state index < -0.39 is 0 Å². The molecule has 1 aliphatic carbocycles. The van der Waals surface area contributed by atoms with Gasteiger partial charge >= 0.3 is 0 Å². The van der Waals surface area contributed by atoms with Gasteiger partial charge in [0.2, 0.25) is 0 Å². The largest absolute Gasteiger partial charge is 0.396 e. The van der Waals surface area contributed by atoms with Crippen molar-refractivity contribution in [2.45, 2.75) is 46.0 Å². The van der Waals surface area contributed by atoms with Crippen molar-refractivity contribution in [3.8, 4) is 0 Å². The highest BCUT2D eigenvalue weighted by Crippen LogP contribution is 2.47. The Kier molecular flexibility index (Phi) is 4.90. The van der Waals surface area contributed by atoms with E-state index in [-0.39, 0.29) is 5.41 Å². The van der Waals surface area contributed by atoms with Gasteiger partial charge in [0, 0.05) is 19.8 Å². The van der Waals surface area contributed by atoms with Crippen LogP contribution in [0.3, 0.4) is 0 Å². The van der Waals surface area contributed by atoms with Crippen molar-refractivity contribution >= 4 is 0 Å². The van der Waals surface area contributed by atoms with Crippen LogP contribution in [0.2, 0.25) is 0 Å². The Balaban J connectivity index is 2.08. The van der Waals surface area contributed by atoms with Gasteiger partial charge in [-0.2, -0.15) is 0 Å². The average Bonchev–Trinajstić information content (AvgIpc) is 3.01. The summed E-state index contributed by atoms with van der Waals surface area (Å²) in [6, 6.07) is 0. The number of aliphatic hydroxyl groups excluding tert-OH is 1. The van der Waals surface area contributed by atoms with Gasteiger partial charge in [-0.15, -0.1) is 0 Å². The van der Waals surface area contributed by atoms with Crippen LogP contribution in [0.15, 0.2) is 0 Å². The summed E-state index contributed by atoms with van der Waals surface area (Å²) in [5.41, 5.74) is 0.131. The highest BCUT2D eigenvalue weighted by atomic mass is 16.5. The molecule has 1 fully saturated rings. The maximum Gasteiger partial charge on any atom is 0.0488 e. The number of unbranched alkanes of at least 4 members (excludes halogenated alkanes) is 1. The molecule has 1 rings (SSSR count). The lowest BCUT2D eigenvalue weighted by Gasteiger charge is -2.26. The van der Waals surface area contributed by atoms with Crippen molar-refractivity contribution in [3.05, 3.63) is 0 Å². The molecular formula is C12H24O2. The summed E-state index contributed by atoms with van der Waals surface area (Å²) in [5, 5.41) is 9.34. The van der Waals surface area contributed by atoms with E-state index in [0.29, 0.717) is 6.61 Å². The molecule has 0 radical (unpaired) electrons. The Morgan fingerprint density at radius 3 is 2.57 bits per heavy atom. The first-order chi connectivity index (χ1) is 6.73. The number of rotatable bonds is 8. The Hall–Kier alpha value is -0.0800. The molecule has 0 spiro atoms. The molecule has 1 atom stereocenters. The van der Waals surface area contributed by atoms with E-state index in [0.717, 1.165) is 32.0 Å². The third kappa shape index (κ3) is 3.58. The molecule has 0 heterocycles. The fraction of sp³-hybridized carbons (Fsp3) is 1.00. The van der Waals surface area contributed by atoms with Crippen molar-refractivity contribution in [1.29, 1.82) is 0 Å². The van der Waals surface area contributed by atoms with Crippen LogP contribution in [0.4, 0.5) is 0 Å². The van der Waals surface area contributed by atoms with Crippen LogP contribution in [-0.2, 0) is 4.74 Å². The highest BCUT2D eigenvalue weighted by molar-refractivity contribution is 4.90. The van der Waals surface area contributed by atoms with Crippen molar-refractivity contribution in [3.63, 3.8) is 0 Å². The van der Waals surface area contributed by atoms with Gasteiger partial charge in [-0.3, -0.25) is 0 Å². The molecule has 0 saturated heterocycles. The fourth-order valence-corrected chi connectivity index (χ4v) is 1.85. The van der Waals surface area contributed by atoms with Crippen LogP contribution in [0.5, 0.6) is 0 Å². The van der Waals surface area contributed by atoms with Gasteiger partial charge in [-0.1, -0.05) is 20.3 Å². The summed E-state index contributed by atoms with van der Waals surface area (Å²) in [6.45, 7) is 6.37. The second-order valence-corrected chi connectivity index (χ2v) is 4.80. The van der Waals surface area contributed by atoms with Gasteiger partial charge in [-0.25, -0.2) is 0 Å². The lowest BCUT2D eigenvalue weighted by atomic mass is 9.83. The second-order valence-electron chi connectivity index (χ2n) is 4.80. The molecule has 0 aliphatic heterocycles. The smallest absolute Gasteiger partial charge is 0.0488 e. The number of hydrogen-bond acceptors (Lipinski definition) is 2. The molecule has 1 saturated carbocycles. The van der Waals surface area contributed by atoms with E-state index in [4.69, 9.17) is 4.74 Å². The van der Waals surface area contributed by atoms with Crippen LogP contribution in [0.25, 0.3) is 0 Å². The summed E-state index contributed by atoms with van der Waals surface area (Å²) >= 11 is 0. The molecule has 0 aromatic heterocycles. The second kappa shape index (κ2) is 5.72. The predicted octanol–water partition coefficient (Wildman–Crippen LogP) is 2.60. The van der Waals surface area contributed by atoms with Crippen LogP contribution in [0, 0.1) is 11.3 Å². The lowest BCUT2D eigenvalue weighted by molar-refractivity contribution is 0.0530. The minimum Gasteiger partial charge on any atom is -0.396 e. The third-order valence-corrected chi connectivity index (χ3v) is 3.38. The van der Waals surface area contributed by atoms with Crippen molar-refractivity contribution < 1.29 is 9.84 Å². The van der Waals surface area contributed by atoms with Crippen molar-refractivity contribution in [2.24, 2.45) is 11.3 Å². The van der Waals surface area contributed by atoms with E-state index in [2.05, 4.69) is 13.8 Å². The van der Waals surface area contributed by atoms with E-state index in [1.807, 2.05) is 0 Å². The summed E-state index contributed by atoms with van der Waals surface area (Å²) in [6.07, 6.45) is 5.95. The van der Waals surface area contributed by atoms with Gasteiger partial charge in [-0.05, 0) is 37.0 Å². The summed E-state index contributed by atoms with van der Waals surface area (Å²) in [4.78, 5) is 0. The van der Waals surface area contributed by atoms with Gasteiger partial charge in [0.1, 0.15) is 0 Å². The Bertz CT molecular complexity index is 154. The van der Waals surface area contributed by atoms with Gasteiger partial charge < -0.3 is 9.84 Å². The normalized spacial score (nSPS) is 20.8. The number of aliphatic hydroxyl groups is 1. The standard InChI is InChI=1S/C12H24O2/c1-3-4-8-14-9-7-12(2,10-13)11-5-6-11/h11,13H,3-10H2,1-2H3. The Morgan fingerprint density at radius 2 is 2.07 bits per heavy atom. The van der Waals surface area contributed by atoms with Crippen molar-refractivity contribution in [2.75, 3.05) is 19.8 Å². The molecule has 0 aromatic rings. The predicted molar refractivity (Wildman–Crippen MR) is 58.3 cm³/mol. The molecule has 1 unspecified atom stereocenters. The fourth-order valence-electron chi connectivity index (χ4n) is 1.85. The van der Waals surface area contributed by atoms with Crippen LogP contribution >= 0.6 is 0 Å². The van der Waals surface area contributed by atoms with Crippen LogP contribution < -0.4 is 0 Å². The van der Waals surface area contributed by atoms with Crippen LogP contribution in [-0.4, -0.2) is 24.9 Å². The monoisotopic (exact) mass is 200 g/mol. The maximum absolute atomic E-state index is 9.34. The summed E-state index contributed by atoms with van der Waals surface area (Å²) < 4.78 is 5.54. The quantitative estimate of drug-likeness (QED) is 0.610. The first-order valence-corrected chi connectivity index (χ1v) is 5.91. The number of hydrogen-bond donors (Lipinski definition) is 1. The van der Waals surface area contributed by atoms with E-state index in [1.165, 1.54) is 19.3 Å². The highest BCUT2D eigenvalue weighted by Gasteiger charge is 2.40. The minimum atomic E-state index is 0.131. The van der Waals surface area contributed by atoms with Crippen LogP contribution in [0.1, 0.15) is 46.0 Å². The SMILES string of the molecule is CCCCOCCC(C)(CO)C1CC1. The summed E-state index contributed by atoms with van der Waals surface area (Å²) in [7, 11) is 0. The first kappa shape index (κ1) is 12.0. The molecule has 2 nitrogen and oxygen atoms in total. The molecule has 2 heteroatoms. The summed E-state index contributed by atoms with van der Waals surface area (Å²) in [5.74, 6) is 0.752. The lowest BCUT2D eigenvalue weighted by Crippen LogP contribution is -2.26. The van der Waals surface area contributed by atoms with Gasteiger partial charge in [0.15, 0.2) is 0 Å². The van der Waals surface area contributed by atoms with E-state index >= 15 is 0 Å². The zero-order valence-corrected chi connectivity index (χ0v) is 9.59.